The molecule has 1 aromatic rings. The molecule has 0 saturated heterocycles. The Morgan fingerprint density at radius 2 is 2.04 bits per heavy atom. The van der Waals surface area contributed by atoms with Gasteiger partial charge in [-0.3, -0.25) is 9.79 Å². The lowest BCUT2D eigenvalue weighted by Gasteiger charge is -2.05. The Bertz CT molecular complexity index is 808. The van der Waals surface area contributed by atoms with E-state index in [0.717, 1.165) is 33.3 Å². The van der Waals surface area contributed by atoms with E-state index in [0.29, 0.717) is 13.0 Å². The maximum atomic E-state index is 11.5. The van der Waals surface area contributed by atoms with Gasteiger partial charge in [-0.25, -0.2) is 14.8 Å². The maximum absolute atomic E-state index is 11.5. The van der Waals surface area contributed by atoms with Gasteiger partial charge in [0.25, 0.3) is 0 Å². The van der Waals surface area contributed by atoms with Crippen molar-refractivity contribution in [1.29, 1.82) is 0 Å². The quantitative estimate of drug-likeness (QED) is 0.647. The van der Waals surface area contributed by atoms with Crippen molar-refractivity contribution < 1.29 is 27.9 Å². The van der Waals surface area contributed by atoms with Crippen molar-refractivity contribution in [2.24, 2.45) is 4.99 Å². The van der Waals surface area contributed by atoms with Gasteiger partial charge in [-0.2, -0.15) is 13.2 Å². The van der Waals surface area contributed by atoms with Gasteiger partial charge in [0.1, 0.15) is 5.03 Å². The van der Waals surface area contributed by atoms with Crippen molar-refractivity contribution in [1.82, 2.24) is 15.3 Å². The van der Waals surface area contributed by atoms with Gasteiger partial charge in [-0.1, -0.05) is 0 Å². The average molecular weight is 389 g/mol. The number of hydrogen-bond acceptors (Lipinski definition) is 7. The van der Waals surface area contributed by atoms with Crippen LogP contribution >= 0.6 is 11.8 Å². The van der Waals surface area contributed by atoms with E-state index in [9.17, 15) is 18.0 Å². The van der Waals surface area contributed by atoms with Gasteiger partial charge in [0.05, 0.1) is 23.5 Å². The normalized spacial score (nSPS) is 14.9. The van der Waals surface area contributed by atoms with E-state index in [1.165, 1.54) is 0 Å². The number of allylic oxidation sites excluding steroid dienone is 1. The molecule has 0 aromatic carbocycles. The molecule has 1 aromatic heterocycles. The number of nitrogens with one attached hydrogen (secondary N) is 1. The monoisotopic (exact) mass is 389 g/mol. The molecule has 0 radical (unpaired) electrons. The number of carbonyl (C=O) groups is 2. The first-order chi connectivity index (χ1) is 12.1. The van der Waals surface area contributed by atoms with Crippen LogP contribution < -0.4 is 11.1 Å². The third-order valence-electron chi connectivity index (χ3n) is 3.27. The predicted octanol–water partition coefficient (Wildman–Crippen LogP) is 1.16. The summed E-state index contributed by atoms with van der Waals surface area (Å²) in [7, 11) is 1.64. The molecule has 0 fully saturated rings. The number of anilines is 1. The van der Waals surface area contributed by atoms with Gasteiger partial charge < -0.3 is 16.2 Å². The van der Waals surface area contributed by atoms with Crippen molar-refractivity contribution in [2.45, 2.75) is 24.2 Å². The average Bonchev–Trinajstić information content (AvgIpc) is 2.85. The first-order valence-corrected chi connectivity index (χ1v) is 8.14. The predicted molar refractivity (Wildman–Crippen MR) is 87.9 cm³/mol. The van der Waals surface area contributed by atoms with Crippen LogP contribution in [0.4, 0.5) is 19.1 Å². The molecule has 0 atom stereocenters. The van der Waals surface area contributed by atoms with E-state index in [-0.39, 0.29) is 11.9 Å². The van der Waals surface area contributed by atoms with Gasteiger partial charge >= 0.3 is 12.1 Å². The second-order valence-corrected chi connectivity index (χ2v) is 6.12. The van der Waals surface area contributed by atoms with Crippen molar-refractivity contribution in [2.75, 3.05) is 18.5 Å². The molecule has 26 heavy (non-hydrogen) atoms. The first kappa shape index (κ1) is 19.7. The smallest absolute Gasteiger partial charge is 0.475 e. The van der Waals surface area contributed by atoms with Crippen LogP contribution in [0.3, 0.4) is 0 Å². The van der Waals surface area contributed by atoms with Gasteiger partial charge in [0.15, 0.2) is 0 Å². The molecule has 0 bridgehead atoms. The number of nitrogens with two attached hydrogens (primary N) is 1. The van der Waals surface area contributed by atoms with Crippen LogP contribution in [-0.2, 0) is 16.1 Å². The van der Waals surface area contributed by atoms with E-state index in [1.54, 1.807) is 18.8 Å². The standard InChI is InChI=1S/C12H13N5OS.C2HF3O2/c1-14-9(18)3-6-2-7-10-8(4-15-7)16-12(13)17-11(10)19-5-6;3-2(4,5)1(6)7/h2H,3-5H2,1H3,(H,14,18)(H2,13,16,17);(H,6,7). The van der Waals surface area contributed by atoms with Crippen LogP contribution in [0.15, 0.2) is 21.7 Å². The second-order valence-electron chi connectivity index (χ2n) is 5.15. The van der Waals surface area contributed by atoms with E-state index in [4.69, 9.17) is 15.6 Å². The largest absolute Gasteiger partial charge is 0.490 e. The molecular formula is C14H14F3N5O3S. The molecule has 4 N–H and O–H groups in total. The molecule has 2 aliphatic heterocycles. The summed E-state index contributed by atoms with van der Waals surface area (Å²) in [5, 5.41) is 10.6. The Hall–Kier alpha value is -2.63. The fraction of sp³-hybridized carbons (Fsp3) is 0.357. The summed E-state index contributed by atoms with van der Waals surface area (Å²) in [5.41, 5.74) is 9.46. The highest BCUT2D eigenvalue weighted by Crippen LogP contribution is 2.33. The number of hydrogen-bond donors (Lipinski definition) is 3. The zero-order chi connectivity index (χ0) is 19.5. The lowest BCUT2D eigenvalue weighted by atomic mass is 10.1. The molecule has 0 saturated carbocycles. The molecule has 12 heteroatoms. The number of amides is 1. The fourth-order valence-corrected chi connectivity index (χ4v) is 3.16. The van der Waals surface area contributed by atoms with E-state index in [1.807, 2.05) is 6.08 Å². The highest BCUT2D eigenvalue weighted by Gasteiger charge is 2.38. The summed E-state index contributed by atoms with van der Waals surface area (Å²) in [6, 6.07) is 0. The number of thioether (sulfide) groups is 1. The first-order valence-electron chi connectivity index (χ1n) is 7.16. The van der Waals surface area contributed by atoms with Gasteiger partial charge in [-0.05, 0) is 11.6 Å². The van der Waals surface area contributed by atoms with Crippen molar-refractivity contribution in [3.8, 4) is 0 Å². The van der Waals surface area contributed by atoms with Crippen LogP contribution in [0.25, 0.3) is 0 Å². The molecule has 0 spiro atoms. The SMILES string of the molecule is CNC(=O)CC1=CC2=NCc3nc(N)nc(c32)SC1.O=C(O)C(F)(F)F. The lowest BCUT2D eigenvalue weighted by Crippen LogP contribution is -2.21. The summed E-state index contributed by atoms with van der Waals surface area (Å²) in [4.78, 5) is 33.3. The number of aliphatic carboxylic acids is 1. The summed E-state index contributed by atoms with van der Waals surface area (Å²) in [6.07, 6.45) is -2.72. The Labute approximate surface area is 149 Å². The third-order valence-corrected chi connectivity index (χ3v) is 4.35. The minimum absolute atomic E-state index is 0.00206. The van der Waals surface area contributed by atoms with Gasteiger partial charge in [0.2, 0.25) is 11.9 Å². The van der Waals surface area contributed by atoms with Crippen LogP contribution in [-0.4, -0.2) is 51.6 Å². The van der Waals surface area contributed by atoms with Gasteiger partial charge in [-0.15, -0.1) is 11.8 Å². The third kappa shape index (κ3) is 4.71. The number of carbonyl (C=O) groups excluding carboxylic acids is 1. The Kier molecular flexibility index (Phi) is 5.85. The molecule has 8 nitrogen and oxygen atoms in total. The van der Waals surface area contributed by atoms with E-state index >= 15 is 0 Å². The molecule has 0 unspecified atom stereocenters. The molecular weight excluding hydrogens is 375 g/mol. The van der Waals surface area contributed by atoms with Crippen molar-refractivity contribution in [3.05, 3.63) is 22.9 Å². The molecule has 2 aliphatic rings. The number of carboxylic acids is 1. The number of rotatable bonds is 2. The van der Waals surface area contributed by atoms with Crippen LogP contribution in [0.5, 0.6) is 0 Å². The molecule has 1 amide bonds. The Morgan fingerprint density at radius 3 is 2.62 bits per heavy atom. The van der Waals surface area contributed by atoms with Gasteiger partial charge in [0, 0.05) is 19.2 Å². The number of nitrogens with zero attached hydrogens (tertiary/aromatic N) is 3. The zero-order valence-electron chi connectivity index (χ0n) is 13.4. The summed E-state index contributed by atoms with van der Waals surface area (Å²) in [6.45, 7) is 0.536. The highest BCUT2D eigenvalue weighted by atomic mass is 32.2. The number of halogens is 3. The Morgan fingerprint density at radius 1 is 1.38 bits per heavy atom. The number of alkyl halides is 3. The van der Waals surface area contributed by atoms with Crippen LogP contribution in [0, 0.1) is 0 Å². The van der Waals surface area contributed by atoms with E-state index in [2.05, 4.69) is 20.3 Å². The summed E-state index contributed by atoms with van der Waals surface area (Å²) in [5.74, 6) is -1.75. The number of aromatic nitrogens is 2. The van der Waals surface area contributed by atoms with Crippen LogP contribution in [0.2, 0.25) is 0 Å². The van der Waals surface area contributed by atoms with Crippen molar-refractivity contribution >= 4 is 35.3 Å². The summed E-state index contributed by atoms with van der Waals surface area (Å²) < 4.78 is 31.7. The summed E-state index contributed by atoms with van der Waals surface area (Å²) >= 11 is 1.58. The maximum Gasteiger partial charge on any atom is 0.490 e. The van der Waals surface area contributed by atoms with Crippen LogP contribution in [0.1, 0.15) is 17.7 Å². The molecule has 3 rings (SSSR count). The fourth-order valence-electron chi connectivity index (χ4n) is 2.13. The Balaban J connectivity index is 0.000000298. The molecule has 3 heterocycles. The molecule has 140 valence electrons. The number of aliphatic imine (C=N–C) groups is 1. The topological polar surface area (TPSA) is 131 Å². The number of nitrogen functional groups attached to an aromatic ring is 1. The second kappa shape index (κ2) is 7.72. The van der Waals surface area contributed by atoms with E-state index < -0.39 is 12.1 Å². The highest BCUT2D eigenvalue weighted by molar-refractivity contribution is 7.99. The zero-order valence-corrected chi connectivity index (χ0v) is 14.2. The number of carboxylic acid groups (broad SMARTS) is 1. The minimum atomic E-state index is -5.08. The van der Waals surface area contributed by atoms with Crippen molar-refractivity contribution in [3.63, 3.8) is 0 Å². The lowest BCUT2D eigenvalue weighted by molar-refractivity contribution is -0.192. The molecule has 0 aliphatic carbocycles. The minimum Gasteiger partial charge on any atom is -0.475 e.